The molecule has 0 aliphatic heterocycles. The number of ketones is 1. The van der Waals surface area contributed by atoms with Crippen LogP contribution in [0.2, 0.25) is 5.02 Å². The van der Waals surface area contributed by atoms with Crippen molar-refractivity contribution in [2.45, 2.75) is 0 Å². The molecule has 3 heterocycles. The van der Waals surface area contributed by atoms with Crippen LogP contribution in [0.1, 0.15) is 16.2 Å². The number of fused-ring (bicyclic) bond motifs is 1. The van der Waals surface area contributed by atoms with Crippen LogP contribution in [0, 0.1) is 5.82 Å². The molecule has 0 radical (unpaired) electrons. The molecule has 0 fully saturated rings. The third-order valence-corrected chi connectivity index (χ3v) is 5.42. The van der Waals surface area contributed by atoms with Crippen molar-refractivity contribution in [3.05, 3.63) is 88.5 Å². The largest absolute Gasteiger partial charge is 0.287 e. The number of aromatic nitrogens is 5. The van der Waals surface area contributed by atoms with Crippen molar-refractivity contribution in [1.29, 1.82) is 0 Å². The van der Waals surface area contributed by atoms with E-state index in [0.717, 1.165) is 5.56 Å². The highest BCUT2D eigenvalue weighted by atomic mass is 35.5. The van der Waals surface area contributed by atoms with Gasteiger partial charge in [-0.05, 0) is 36.4 Å². The zero-order valence-corrected chi connectivity index (χ0v) is 16.2. The summed E-state index contributed by atoms with van der Waals surface area (Å²) in [5.74, 6) is -0.661. The maximum atomic E-state index is 13.3. The van der Waals surface area contributed by atoms with Gasteiger partial charge in [-0.1, -0.05) is 28.9 Å². The fraction of sp³-hybridized carbons (Fsp3) is 0. The molecule has 3 aromatic heterocycles. The summed E-state index contributed by atoms with van der Waals surface area (Å²) in [6.07, 6.45) is 3.32. The van der Waals surface area contributed by atoms with E-state index in [1.807, 2.05) is 17.5 Å². The molecule has 9 heteroatoms. The summed E-state index contributed by atoms with van der Waals surface area (Å²) in [5, 5.41) is 10.5. The van der Waals surface area contributed by atoms with Crippen LogP contribution in [0.3, 0.4) is 0 Å². The molecule has 5 aromatic rings. The van der Waals surface area contributed by atoms with Crippen LogP contribution < -0.4 is 0 Å². The Morgan fingerprint density at radius 2 is 1.83 bits per heavy atom. The van der Waals surface area contributed by atoms with Gasteiger partial charge >= 0.3 is 0 Å². The van der Waals surface area contributed by atoms with Crippen LogP contribution in [0.25, 0.3) is 21.9 Å². The van der Waals surface area contributed by atoms with Crippen molar-refractivity contribution in [2.75, 3.05) is 0 Å². The van der Waals surface area contributed by atoms with Crippen molar-refractivity contribution >= 4 is 33.7 Å². The van der Waals surface area contributed by atoms with Gasteiger partial charge in [-0.2, -0.15) is 0 Å². The lowest BCUT2D eigenvalue weighted by molar-refractivity contribution is 0.102. The SMILES string of the molecule is O=C(c1cn(-c2ccc(F)cc2)nn1)c1c(-c2ccc(Cl)cc2)nc2sccn12. The van der Waals surface area contributed by atoms with E-state index in [9.17, 15) is 9.18 Å². The van der Waals surface area contributed by atoms with Gasteiger partial charge < -0.3 is 0 Å². The van der Waals surface area contributed by atoms with E-state index in [4.69, 9.17) is 11.6 Å². The van der Waals surface area contributed by atoms with Gasteiger partial charge in [0.25, 0.3) is 0 Å². The van der Waals surface area contributed by atoms with E-state index in [1.54, 1.807) is 34.9 Å². The van der Waals surface area contributed by atoms with Crippen molar-refractivity contribution in [3.63, 3.8) is 0 Å². The first-order valence-electron chi connectivity index (χ1n) is 8.54. The van der Waals surface area contributed by atoms with Gasteiger partial charge in [0.15, 0.2) is 10.7 Å². The molecule has 5 rings (SSSR count). The third-order valence-electron chi connectivity index (χ3n) is 4.41. The quantitative estimate of drug-likeness (QED) is 0.394. The Morgan fingerprint density at radius 3 is 2.59 bits per heavy atom. The standard InChI is InChI=1S/C20H11ClFN5OS/c21-13-3-1-12(2-4-13)17-18(26-9-10-29-20(26)23-17)19(28)16-11-27(25-24-16)15-7-5-14(22)6-8-15/h1-11H. The van der Waals surface area contributed by atoms with Gasteiger partial charge in [0, 0.05) is 22.2 Å². The zero-order chi connectivity index (χ0) is 20.0. The Bertz CT molecular complexity index is 1340. The Labute approximate surface area is 172 Å². The molecule has 0 aliphatic carbocycles. The highest BCUT2D eigenvalue weighted by molar-refractivity contribution is 7.15. The maximum absolute atomic E-state index is 13.3. The lowest BCUT2D eigenvalue weighted by Crippen LogP contribution is -2.07. The Hall–Kier alpha value is -3.36. The van der Waals surface area contributed by atoms with Gasteiger partial charge in [-0.15, -0.1) is 16.4 Å². The summed E-state index contributed by atoms with van der Waals surface area (Å²) in [5.41, 5.74) is 2.49. The van der Waals surface area contributed by atoms with Crippen LogP contribution in [0.4, 0.5) is 4.39 Å². The predicted octanol–water partition coefficient (Wildman–Crippen LogP) is 4.67. The first-order chi connectivity index (χ1) is 14.1. The van der Waals surface area contributed by atoms with E-state index in [2.05, 4.69) is 15.3 Å². The van der Waals surface area contributed by atoms with E-state index in [0.29, 0.717) is 27.1 Å². The molecule has 142 valence electrons. The van der Waals surface area contributed by atoms with E-state index < -0.39 is 0 Å². The van der Waals surface area contributed by atoms with Gasteiger partial charge in [-0.25, -0.2) is 14.1 Å². The summed E-state index contributed by atoms with van der Waals surface area (Å²) in [6, 6.07) is 12.9. The van der Waals surface area contributed by atoms with E-state index >= 15 is 0 Å². The number of hydrogen-bond acceptors (Lipinski definition) is 5. The number of halogens is 2. The Kier molecular flexibility index (Phi) is 4.22. The molecular formula is C20H11ClFN5OS. The number of benzene rings is 2. The van der Waals surface area contributed by atoms with Crippen LogP contribution in [-0.2, 0) is 0 Å². The zero-order valence-electron chi connectivity index (χ0n) is 14.7. The lowest BCUT2D eigenvalue weighted by atomic mass is 10.1. The van der Waals surface area contributed by atoms with Crippen LogP contribution in [0.5, 0.6) is 0 Å². The molecule has 6 nitrogen and oxygen atoms in total. The van der Waals surface area contributed by atoms with Crippen LogP contribution in [-0.4, -0.2) is 30.2 Å². The number of thiazole rings is 1. The van der Waals surface area contributed by atoms with Gasteiger partial charge in [0.05, 0.1) is 11.9 Å². The van der Waals surface area contributed by atoms with E-state index in [1.165, 1.54) is 34.3 Å². The molecule has 2 aromatic carbocycles. The lowest BCUT2D eigenvalue weighted by Gasteiger charge is -2.02. The summed E-state index contributed by atoms with van der Waals surface area (Å²) in [6.45, 7) is 0. The molecule has 0 unspecified atom stereocenters. The van der Waals surface area contributed by atoms with Crippen molar-refractivity contribution < 1.29 is 9.18 Å². The average Bonchev–Trinajstić information content (AvgIpc) is 3.44. The third kappa shape index (κ3) is 3.12. The molecule has 0 spiro atoms. The summed E-state index contributed by atoms with van der Waals surface area (Å²) in [4.78, 5) is 18.6. The molecule has 0 N–H and O–H groups in total. The molecule has 0 amide bonds. The molecule has 0 bridgehead atoms. The van der Waals surface area contributed by atoms with Gasteiger partial charge in [-0.3, -0.25) is 9.20 Å². The number of imidazole rings is 1. The van der Waals surface area contributed by atoms with Gasteiger partial charge in [0.1, 0.15) is 17.2 Å². The Morgan fingerprint density at radius 1 is 1.07 bits per heavy atom. The fourth-order valence-electron chi connectivity index (χ4n) is 3.02. The molecule has 0 saturated heterocycles. The minimum absolute atomic E-state index is 0.164. The average molecular weight is 424 g/mol. The van der Waals surface area contributed by atoms with Crippen LogP contribution >= 0.6 is 22.9 Å². The second-order valence-corrected chi connectivity index (χ2v) is 7.53. The van der Waals surface area contributed by atoms with Crippen LogP contribution in [0.15, 0.2) is 66.3 Å². The molecule has 0 aliphatic rings. The second-order valence-electron chi connectivity index (χ2n) is 6.23. The van der Waals surface area contributed by atoms with Crippen molar-refractivity contribution in [1.82, 2.24) is 24.4 Å². The first kappa shape index (κ1) is 17.7. The number of carbonyl (C=O) groups is 1. The number of hydrogen-bond donors (Lipinski definition) is 0. The minimum Gasteiger partial charge on any atom is -0.287 e. The topological polar surface area (TPSA) is 65.1 Å². The van der Waals surface area contributed by atoms with E-state index in [-0.39, 0.29) is 17.3 Å². The van der Waals surface area contributed by atoms with Gasteiger partial charge in [0.2, 0.25) is 5.78 Å². The normalized spacial score (nSPS) is 11.2. The number of rotatable bonds is 4. The highest BCUT2D eigenvalue weighted by Crippen LogP contribution is 2.29. The van der Waals surface area contributed by atoms with Crippen molar-refractivity contribution in [3.8, 4) is 16.9 Å². The molecule has 0 atom stereocenters. The summed E-state index contributed by atoms with van der Waals surface area (Å²) < 4.78 is 16.3. The summed E-state index contributed by atoms with van der Waals surface area (Å²) >= 11 is 7.42. The number of carbonyl (C=O) groups excluding carboxylic acids is 1. The minimum atomic E-state index is -0.350. The summed E-state index contributed by atoms with van der Waals surface area (Å²) in [7, 11) is 0. The molecule has 29 heavy (non-hydrogen) atoms. The Balaban J connectivity index is 1.59. The smallest absolute Gasteiger partial charge is 0.233 e. The fourth-order valence-corrected chi connectivity index (χ4v) is 3.86. The van der Waals surface area contributed by atoms with Crippen molar-refractivity contribution in [2.24, 2.45) is 0 Å². The maximum Gasteiger partial charge on any atom is 0.233 e. The first-order valence-corrected chi connectivity index (χ1v) is 9.80. The molecular weight excluding hydrogens is 413 g/mol. The number of nitrogens with zero attached hydrogens (tertiary/aromatic N) is 5. The highest BCUT2D eigenvalue weighted by Gasteiger charge is 2.25. The monoisotopic (exact) mass is 423 g/mol. The molecule has 0 saturated carbocycles. The predicted molar refractivity (Wildman–Crippen MR) is 108 cm³/mol. The second kappa shape index (κ2) is 6.91.